The van der Waals surface area contributed by atoms with Crippen molar-refractivity contribution < 1.29 is 28.3 Å². The summed E-state index contributed by atoms with van der Waals surface area (Å²) in [7, 11) is -3.38. The average molecular weight is 252 g/mol. The second kappa shape index (κ2) is 7.54. The van der Waals surface area contributed by atoms with Crippen LogP contribution in [0.1, 0.15) is 26.7 Å². The molecule has 0 saturated heterocycles. The maximum absolute atomic E-state index is 11.9. The van der Waals surface area contributed by atoms with E-state index in [0.717, 1.165) is 0 Å². The van der Waals surface area contributed by atoms with Crippen LogP contribution in [-0.2, 0) is 23.2 Å². The Kier molecular flexibility index (Phi) is 7.21. The highest BCUT2D eigenvalue weighted by atomic mass is 31.2. The van der Waals surface area contributed by atoms with Crippen LogP contribution in [0, 0.1) is 0 Å². The minimum atomic E-state index is -3.38. The molecule has 0 heterocycles. The molecule has 0 fully saturated rings. The van der Waals surface area contributed by atoms with E-state index in [1.54, 1.807) is 13.8 Å². The lowest BCUT2D eigenvalue weighted by molar-refractivity contribution is -0.138. The van der Waals surface area contributed by atoms with E-state index in [9.17, 15) is 14.2 Å². The lowest BCUT2D eigenvalue weighted by Crippen LogP contribution is -2.11. The van der Waals surface area contributed by atoms with Crippen LogP contribution in [0.5, 0.6) is 0 Å². The summed E-state index contributed by atoms with van der Waals surface area (Å²) in [4.78, 5) is 21.6. The van der Waals surface area contributed by atoms with Gasteiger partial charge in [0.15, 0.2) is 0 Å². The van der Waals surface area contributed by atoms with Gasteiger partial charge >= 0.3 is 13.6 Å². The molecule has 0 aliphatic heterocycles. The molecule has 0 saturated carbocycles. The Morgan fingerprint density at radius 2 is 1.62 bits per heavy atom. The van der Waals surface area contributed by atoms with E-state index >= 15 is 0 Å². The fourth-order valence-electron chi connectivity index (χ4n) is 1.06. The van der Waals surface area contributed by atoms with Gasteiger partial charge in [-0.3, -0.25) is 14.2 Å². The van der Waals surface area contributed by atoms with Crippen molar-refractivity contribution in [2.45, 2.75) is 26.7 Å². The second-order valence-electron chi connectivity index (χ2n) is 3.04. The molecule has 0 aliphatic carbocycles. The Morgan fingerprint density at radius 3 is 2.00 bits per heavy atom. The van der Waals surface area contributed by atoms with Gasteiger partial charge in [0.1, 0.15) is 11.9 Å². The minimum Gasteiger partial charge on any atom is -0.481 e. The van der Waals surface area contributed by atoms with Crippen molar-refractivity contribution in [3.63, 3.8) is 0 Å². The van der Waals surface area contributed by atoms with Crippen molar-refractivity contribution in [3.8, 4) is 0 Å². The van der Waals surface area contributed by atoms with E-state index in [2.05, 4.69) is 0 Å². The van der Waals surface area contributed by atoms with Gasteiger partial charge in [-0.15, -0.1) is 0 Å². The molecule has 0 bridgehead atoms. The lowest BCUT2D eigenvalue weighted by atomic mass is 10.2. The van der Waals surface area contributed by atoms with E-state index in [1.165, 1.54) is 0 Å². The highest BCUT2D eigenvalue weighted by molar-refractivity contribution is 7.54. The fraction of sp³-hybridized carbons (Fsp3) is 0.778. The van der Waals surface area contributed by atoms with Crippen LogP contribution >= 0.6 is 7.60 Å². The maximum Gasteiger partial charge on any atom is 0.338 e. The average Bonchev–Trinajstić information content (AvgIpc) is 2.15. The SMILES string of the molecule is CCOP(=O)(CC(=O)CCC(=O)O)OCC. The molecule has 0 aliphatic rings. The summed E-state index contributed by atoms with van der Waals surface area (Å²) >= 11 is 0. The van der Waals surface area contributed by atoms with Gasteiger partial charge in [0.05, 0.1) is 19.6 Å². The number of hydrogen-bond donors (Lipinski definition) is 1. The molecule has 1 N–H and O–H groups in total. The van der Waals surface area contributed by atoms with E-state index in [4.69, 9.17) is 14.2 Å². The van der Waals surface area contributed by atoms with Gasteiger partial charge in [0.2, 0.25) is 0 Å². The number of carboxylic acid groups (broad SMARTS) is 1. The highest BCUT2D eigenvalue weighted by Gasteiger charge is 2.27. The number of carboxylic acids is 1. The molecule has 0 unspecified atom stereocenters. The van der Waals surface area contributed by atoms with Crippen LogP contribution < -0.4 is 0 Å². The summed E-state index contributed by atoms with van der Waals surface area (Å²) in [5.74, 6) is -1.48. The zero-order valence-corrected chi connectivity index (χ0v) is 10.4. The van der Waals surface area contributed by atoms with E-state index in [1.807, 2.05) is 0 Å². The van der Waals surface area contributed by atoms with Crippen LogP contribution in [0.4, 0.5) is 0 Å². The number of hydrogen-bond acceptors (Lipinski definition) is 5. The topological polar surface area (TPSA) is 89.9 Å². The standard InChI is InChI=1S/C9H17O6P/c1-3-14-16(13,15-4-2)7-8(10)5-6-9(11)12/h3-7H2,1-2H3,(H,11,12). The Morgan fingerprint density at radius 1 is 1.12 bits per heavy atom. The number of Topliss-reactive ketones (excluding diaryl/α,β-unsaturated/α-hetero) is 1. The van der Waals surface area contributed by atoms with E-state index in [0.29, 0.717) is 0 Å². The van der Waals surface area contributed by atoms with Crippen molar-refractivity contribution in [3.05, 3.63) is 0 Å². The molecule has 0 aromatic carbocycles. The first-order valence-corrected chi connectivity index (χ1v) is 6.78. The monoisotopic (exact) mass is 252 g/mol. The van der Waals surface area contributed by atoms with Crippen molar-refractivity contribution >= 4 is 19.3 Å². The summed E-state index contributed by atoms with van der Waals surface area (Å²) in [6.07, 6.45) is -0.779. The van der Waals surface area contributed by atoms with Crippen LogP contribution in [0.15, 0.2) is 0 Å². The molecule has 0 spiro atoms. The molecule has 0 aromatic heterocycles. The highest BCUT2D eigenvalue weighted by Crippen LogP contribution is 2.47. The summed E-state index contributed by atoms with van der Waals surface area (Å²) < 4.78 is 21.7. The molecule has 16 heavy (non-hydrogen) atoms. The van der Waals surface area contributed by atoms with Crippen LogP contribution in [0.2, 0.25) is 0 Å². The number of rotatable bonds is 9. The van der Waals surface area contributed by atoms with Gasteiger partial charge in [0.25, 0.3) is 0 Å². The Labute approximate surface area is 94.5 Å². The first-order chi connectivity index (χ1) is 7.43. The quantitative estimate of drug-likeness (QED) is 0.628. The van der Waals surface area contributed by atoms with E-state index < -0.39 is 19.3 Å². The largest absolute Gasteiger partial charge is 0.481 e. The van der Waals surface area contributed by atoms with Gasteiger partial charge in [-0.25, -0.2) is 0 Å². The van der Waals surface area contributed by atoms with Gasteiger partial charge < -0.3 is 14.2 Å². The first kappa shape index (κ1) is 15.3. The van der Waals surface area contributed by atoms with Crippen molar-refractivity contribution in [1.82, 2.24) is 0 Å². The molecule has 0 radical (unpaired) electrons. The fourth-order valence-corrected chi connectivity index (χ4v) is 2.70. The predicted molar refractivity (Wildman–Crippen MR) is 57.6 cm³/mol. The van der Waals surface area contributed by atoms with Gasteiger partial charge in [-0.05, 0) is 13.8 Å². The second-order valence-corrected chi connectivity index (χ2v) is 5.09. The number of carbonyl (C=O) groups is 2. The van der Waals surface area contributed by atoms with Crippen molar-refractivity contribution in [2.24, 2.45) is 0 Å². The minimum absolute atomic E-state index is 0.153. The van der Waals surface area contributed by atoms with Crippen LogP contribution in [-0.4, -0.2) is 36.2 Å². The molecule has 0 rings (SSSR count). The van der Waals surface area contributed by atoms with Gasteiger partial charge in [0, 0.05) is 6.42 Å². The van der Waals surface area contributed by atoms with Crippen LogP contribution in [0.3, 0.4) is 0 Å². The summed E-state index contributed by atoms with van der Waals surface area (Å²) in [5, 5.41) is 8.38. The molecule has 0 aromatic rings. The smallest absolute Gasteiger partial charge is 0.338 e. The molecule has 0 atom stereocenters. The molecule has 6 nitrogen and oxygen atoms in total. The molecule has 0 amide bonds. The Hall–Kier alpha value is -0.710. The molecule has 7 heteroatoms. The molecular formula is C9H17O6P. The lowest BCUT2D eigenvalue weighted by Gasteiger charge is -2.15. The van der Waals surface area contributed by atoms with Crippen molar-refractivity contribution in [1.29, 1.82) is 0 Å². The third kappa shape index (κ3) is 6.71. The number of ketones is 1. The zero-order valence-electron chi connectivity index (χ0n) is 9.47. The zero-order chi connectivity index (χ0) is 12.6. The van der Waals surface area contributed by atoms with Gasteiger partial charge in [-0.1, -0.05) is 0 Å². The van der Waals surface area contributed by atoms with E-state index in [-0.39, 0.29) is 32.2 Å². The number of carbonyl (C=O) groups excluding carboxylic acids is 1. The number of aliphatic carboxylic acids is 1. The third-order valence-corrected chi connectivity index (χ3v) is 3.68. The molecular weight excluding hydrogens is 235 g/mol. The normalized spacial score (nSPS) is 11.4. The van der Waals surface area contributed by atoms with Crippen molar-refractivity contribution in [2.75, 3.05) is 19.4 Å². The maximum atomic E-state index is 11.9. The first-order valence-electron chi connectivity index (χ1n) is 5.05. The van der Waals surface area contributed by atoms with Gasteiger partial charge in [-0.2, -0.15) is 0 Å². The summed E-state index contributed by atoms with van der Waals surface area (Å²) in [6.45, 7) is 3.66. The summed E-state index contributed by atoms with van der Waals surface area (Å²) in [5.41, 5.74) is 0. The Bertz CT molecular complexity index is 278. The molecule has 94 valence electrons. The predicted octanol–water partition coefficient (Wildman–Crippen LogP) is 1.69. The van der Waals surface area contributed by atoms with Crippen LogP contribution in [0.25, 0.3) is 0 Å². The Balaban J connectivity index is 4.23. The summed E-state index contributed by atoms with van der Waals surface area (Å²) in [6, 6.07) is 0. The third-order valence-electron chi connectivity index (χ3n) is 1.64.